The summed E-state index contributed by atoms with van der Waals surface area (Å²) in [6.45, 7) is 22.4. The van der Waals surface area contributed by atoms with E-state index in [0.29, 0.717) is 0 Å². The third kappa shape index (κ3) is 5.51. The molecule has 0 aliphatic carbocycles. The first-order valence-electron chi connectivity index (χ1n) is 19.5. The van der Waals surface area contributed by atoms with Crippen molar-refractivity contribution in [3.63, 3.8) is 0 Å². The molecule has 56 heavy (non-hydrogen) atoms. The molecular weight excluding hydrogens is 725 g/mol. The van der Waals surface area contributed by atoms with Crippen LogP contribution in [-0.4, -0.2) is 0 Å². The average molecular weight is 771 g/mol. The number of hydrogen-bond acceptors (Lipinski definition) is 6. The second kappa shape index (κ2) is 12.2. The van der Waals surface area contributed by atoms with Crippen molar-refractivity contribution >= 4 is 90.2 Å². The van der Waals surface area contributed by atoms with Gasteiger partial charge in [-0.15, -0.1) is 0 Å². The molecule has 4 nitrogen and oxygen atoms in total. The molecular formula is C50H46N2O2S2. The molecule has 6 heteroatoms. The second-order valence-corrected chi connectivity index (χ2v) is 19.8. The molecule has 2 aromatic heterocycles. The van der Waals surface area contributed by atoms with Crippen LogP contribution in [0.3, 0.4) is 0 Å². The fraction of sp³-hybridized carbons (Fsp3) is 0.240. The molecule has 0 saturated carbocycles. The van der Waals surface area contributed by atoms with E-state index in [-0.39, 0.29) is 10.8 Å². The highest BCUT2D eigenvalue weighted by molar-refractivity contribution is 8.07. The van der Waals surface area contributed by atoms with Crippen LogP contribution in [0.4, 0.5) is 22.7 Å². The van der Waals surface area contributed by atoms with Gasteiger partial charge >= 0.3 is 0 Å². The number of hydrogen-bond donors (Lipinski definition) is 0. The Morgan fingerprint density at radius 1 is 0.411 bits per heavy atom. The Kier molecular flexibility index (Phi) is 7.73. The Balaban J connectivity index is 1.19. The van der Waals surface area contributed by atoms with Gasteiger partial charge in [-0.05, 0) is 145 Å². The Morgan fingerprint density at radius 2 is 0.804 bits per heavy atom. The molecule has 2 aliphatic heterocycles. The lowest BCUT2D eigenvalue weighted by Gasteiger charge is -2.27. The topological polar surface area (TPSA) is 32.8 Å². The van der Waals surface area contributed by atoms with Gasteiger partial charge in [-0.1, -0.05) is 89.3 Å². The first kappa shape index (κ1) is 35.4. The van der Waals surface area contributed by atoms with Crippen LogP contribution in [0.5, 0.6) is 0 Å². The standard InChI is InChI=1S/C50H46N2O2S2/c1-27-19-39-45(21-29(27)3)55-47(51(39)33-13-17-41-37(25-33)35-15-11-31(49(5,6)7)23-43(35)53-41)48-52(40-20-28(2)30(4)22-46(40)56-48)34-14-18-42-38(26-34)36-16-12-32(50(8,9)10)24-44(36)54-42/h11-26H,1-10H3/b48-47+. The number of nitrogens with zero attached hydrogens (tertiary/aromatic N) is 2. The molecule has 0 fully saturated rings. The van der Waals surface area contributed by atoms with E-state index in [4.69, 9.17) is 8.83 Å². The third-order valence-corrected chi connectivity index (χ3v) is 14.2. The summed E-state index contributed by atoms with van der Waals surface area (Å²) in [5, 5.41) is 6.92. The highest BCUT2D eigenvalue weighted by Crippen LogP contribution is 2.60. The van der Waals surface area contributed by atoms with E-state index in [1.54, 1.807) is 0 Å². The second-order valence-electron chi connectivity index (χ2n) is 17.8. The van der Waals surface area contributed by atoms with Gasteiger partial charge in [0, 0.05) is 42.7 Å². The normalized spacial score (nSPS) is 16.0. The minimum atomic E-state index is 0.0381. The summed E-state index contributed by atoms with van der Waals surface area (Å²) in [5.74, 6) is 0. The summed E-state index contributed by atoms with van der Waals surface area (Å²) in [5.41, 5.74) is 16.1. The van der Waals surface area contributed by atoms with Gasteiger partial charge in [0.2, 0.25) is 0 Å². The molecule has 0 amide bonds. The zero-order valence-corrected chi connectivity index (χ0v) is 35.4. The van der Waals surface area contributed by atoms with E-state index >= 15 is 0 Å². The first-order chi connectivity index (χ1) is 26.6. The summed E-state index contributed by atoms with van der Waals surface area (Å²) in [6, 6.07) is 36.2. The minimum absolute atomic E-state index is 0.0381. The summed E-state index contributed by atoms with van der Waals surface area (Å²) >= 11 is 3.73. The molecule has 10 rings (SSSR count). The Morgan fingerprint density at radius 3 is 1.20 bits per heavy atom. The summed E-state index contributed by atoms with van der Waals surface area (Å²) in [6.07, 6.45) is 0. The molecule has 0 bridgehead atoms. The SMILES string of the molecule is Cc1cc2c(cc1C)N(c1ccc3oc4cc(C(C)(C)C)ccc4c3c1)/C(=C1\Sc3cc(C)c(C)cc3N1c1ccc3oc4cc(C(C)(C)C)ccc4c3c1)S2. The fourth-order valence-corrected chi connectivity index (χ4v) is 10.7. The summed E-state index contributed by atoms with van der Waals surface area (Å²) < 4.78 is 13.0. The summed E-state index contributed by atoms with van der Waals surface area (Å²) in [4.78, 5) is 7.49. The molecule has 0 N–H and O–H groups in total. The maximum absolute atomic E-state index is 6.50. The zero-order chi connectivity index (χ0) is 39.0. The van der Waals surface area contributed by atoms with Gasteiger partial charge in [-0.3, -0.25) is 0 Å². The molecule has 0 unspecified atom stereocenters. The molecule has 0 radical (unpaired) electrons. The van der Waals surface area contributed by atoms with Crippen LogP contribution in [0.25, 0.3) is 43.9 Å². The van der Waals surface area contributed by atoms with Crippen LogP contribution in [0.2, 0.25) is 0 Å². The number of rotatable bonds is 2. The van der Waals surface area contributed by atoms with Gasteiger partial charge in [-0.25, -0.2) is 0 Å². The summed E-state index contributed by atoms with van der Waals surface area (Å²) in [7, 11) is 0. The molecule has 0 atom stereocenters. The first-order valence-corrected chi connectivity index (χ1v) is 21.1. The lowest BCUT2D eigenvalue weighted by Crippen LogP contribution is -2.18. The number of anilines is 4. The van der Waals surface area contributed by atoms with Crippen molar-refractivity contribution in [2.24, 2.45) is 0 Å². The maximum atomic E-state index is 6.50. The van der Waals surface area contributed by atoms with Crippen LogP contribution >= 0.6 is 23.5 Å². The van der Waals surface area contributed by atoms with Crippen molar-refractivity contribution in [1.29, 1.82) is 0 Å². The molecule has 6 aromatic carbocycles. The molecule has 8 aromatic rings. The van der Waals surface area contributed by atoms with E-state index in [0.717, 1.165) is 55.3 Å². The minimum Gasteiger partial charge on any atom is -0.456 e. The van der Waals surface area contributed by atoms with Gasteiger partial charge in [0.15, 0.2) is 0 Å². The Hall–Kier alpha value is -5.04. The largest absolute Gasteiger partial charge is 0.456 e. The molecule has 4 heterocycles. The monoisotopic (exact) mass is 770 g/mol. The lowest BCUT2D eigenvalue weighted by atomic mass is 9.86. The van der Waals surface area contributed by atoms with E-state index in [2.05, 4.69) is 176 Å². The van der Waals surface area contributed by atoms with E-state index in [9.17, 15) is 0 Å². The predicted octanol–water partition coefficient (Wildman–Crippen LogP) is 15.6. The number of thioether (sulfide) groups is 2. The van der Waals surface area contributed by atoms with Crippen molar-refractivity contribution in [3.8, 4) is 0 Å². The van der Waals surface area contributed by atoms with E-state index in [1.165, 1.54) is 64.6 Å². The van der Waals surface area contributed by atoms with Gasteiger partial charge < -0.3 is 18.6 Å². The van der Waals surface area contributed by atoms with E-state index < -0.39 is 0 Å². The predicted molar refractivity (Wildman–Crippen MR) is 240 cm³/mol. The number of fused-ring (bicyclic) bond motifs is 8. The quantitative estimate of drug-likeness (QED) is 0.174. The van der Waals surface area contributed by atoms with Gasteiger partial charge in [0.25, 0.3) is 0 Å². The van der Waals surface area contributed by atoms with Gasteiger partial charge in [-0.2, -0.15) is 0 Å². The van der Waals surface area contributed by atoms with Crippen LogP contribution in [0.15, 0.2) is 126 Å². The lowest BCUT2D eigenvalue weighted by molar-refractivity contribution is 0.587. The smallest absolute Gasteiger partial charge is 0.135 e. The maximum Gasteiger partial charge on any atom is 0.135 e. The van der Waals surface area contributed by atoms with Gasteiger partial charge in [0.1, 0.15) is 32.4 Å². The van der Waals surface area contributed by atoms with Gasteiger partial charge in [0.05, 0.1) is 11.4 Å². The molecule has 0 spiro atoms. The highest BCUT2D eigenvalue weighted by Gasteiger charge is 2.38. The van der Waals surface area contributed by atoms with Crippen molar-refractivity contribution < 1.29 is 8.83 Å². The van der Waals surface area contributed by atoms with Crippen molar-refractivity contribution in [2.45, 2.75) is 89.9 Å². The van der Waals surface area contributed by atoms with Crippen LogP contribution < -0.4 is 9.80 Å². The van der Waals surface area contributed by atoms with Crippen LogP contribution in [0, 0.1) is 27.7 Å². The fourth-order valence-electron chi connectivity index (χ4n) is 8.11. The van der Waals surface area contributed by atoms with E-state index in [1.807, 2.05) is 23.5 Å². The molecule has 2 aliphatic rings. The number of aryl methyl sites for hydroxylation is 4. The van der Waals surface area contributed by atoms with Crippen molar-refractivity contribution in [2.75, 3.05) is 9.80 Å². The van der Waals surface area contributed by atoms with Crippen molar-refractivity contribution in [3.05, 3.63) is 141 Å². The Labute approximate surface area is 337 Å². The number of furan rings is 2. The Bertz CT molecular complexity index is 2800. The third-order valence-electron chi connectivity index (χ3n) is 11.8. The zero-order valence-electron chi connectivity index (χ0n) is 33.8. The molecule has 280 valence electrons. The average Bonchev–Trinajstić information content (AvgIpc) is 3.90. The highest BCUT2D eigenvalue weighted by atomic mass is 32.2. The molecule has 0 saturated heterocycles. The number of benzene rings is 6. The van der Waals surface area contributed by atoms with Crippen molar-refractivity contribution in [1.82, 2.24) is 0 Å². The van der Waals surface area contributed by atoms with Crippen LogP contribution in [0.1, 0.15) is 74.9 Å². The van der Waals surface area contributed by atoms with Crippen LogP contribution in [-0.2, 0) is 10.8 Å².